The number of piperazine rings is 1. The smallest absolute Gasteiger partial charge is 0.260 e. The van der Waals surface area contributed by atoms with Crippen molar-refractivity contribution in [2.24, 2.45) is 0 Å². The van der Waals surface area contributed by atoms with Gasteiger partial charge in [0.2, 0.25) is 0 Å². The van der Waals surface area contributed by atoms with Crippen molar-refractivity contribution in [3.8, 4) is 5.75 Å². The fourth-order valence-electron chi connectivity index (χ4n) is 1.90. The molecule has 0 unspecified atom stereocenters. The minimum absolute atomic E-state index is 0.0198. The molecule has 1 aliphatic rings. The van der Waals surface area contributed by atoms with Crippen LogP contribution in [0.4, 0.5) is 5.69 Å². The maximum atomic E-state index is 11.9. The SMILES string of the molecule is CN1CCN(C(=O)COc2ccccc2N)CC1. The highest BCUT2D eigenvalue weighted by Gasteiger charge is 2.19. The lowest BCUT2D eigenvalue weighted by atomic mass is 10.3. The van der Waals surface area contributed by atoms with E-state index in [9.17, 15) is 4.79 Å². The average Bonchev–Trinajstić information content (AvgIpc) is 2.38. The van der Waals surface area contributed by atoms with E-state index in [1.807, 2.05) is 17.0 Å². The molecule has 2 N–H and O–H groups in total. The Hall–Kier alpha value is -1.75. The van der Waals surface area contributed by atoms with Gasteiger partial charge in [0.1, 0.15) is 5.75 Å². The van der Waals surface area contributed by atoms with E-state index in [1.54, 1.807) is 12.1 Å². The molecule has 0 atom stereocenters. The van der Waals surface area contributed by atoms with Crippen LogP contribution < -0.4 is 10.5 Å². The summed E-state index contributed by atoms with van der Waals surface area (Å²) < 4.78 is 5.45. The highest BCUT2D eigenvalue weighted by atomic mass is 16.5. The number of para-hydroxylation sites is 2. The van der Waals surface area contributed by atoms with Gasteiger partial charge in [-0.3, -0.25) is 4.79 Å². The number of likely N-dealkylation sites (N-methyl/N-ethyl adjacent to an activating group) is 1. The fourth-order valence-corrected chi connectivity index (χ4v) is 1.90. The van der Waals surface area contributed by atoms with Crippen LogP contribution >= 0.6 is 0 Å². The Balaban J connectivity index is 1.83. The van der Waals surface area contributed by atoms with Crippen molar-refractivity contribution in [2.75, 3.05) is 45.6 Å². The second-order valence-corrected chi connectivity index (χ2v) is 4.51. The third kappa shape index (κ3) is 3.13. The molecule has 1 heterocycles. The van der Waals surface area contributed by atoms with Crippen molar-refractivity contribution in [3.63, 3.8) is 0 Å². The van der Waals surface area contributed by atoms with Gasteiger partial charge in [0.25, 0.3) is 5.91 Å². The van der Waals surface area contributed by atoms with E-state index >= 15 is 0 Å². The number of nitrogen functional groups attached to an aromatic ring is 1. The van der Waals surface area contributed by atoms with Crippen molar-refractivity contribution in [1.29, 1.82) is 0 Å². The molecule has 1 aliphatic heterocycles. The fraction of sp³-hybridized carbons (Fsp3) is 0.462. The van der Waals surface area contributed by atoms with Gasteiger partial charge in [-0.25, -0.2) is 0 Å². The minimum Gasteiger partial charge on any atom is -0.482 e. The van der Waals surface area contributed by atoms with Crippen LogP contribution in [0.25, 0.3) is 0 Å². The first kappa shape index (κ1) is 12.7. The summed E-state index contributed by atoms with van der Waals surface area (Å²) in [5.74, 6) is 0.589. The molecular formula is C13H19N3O2. The zero-order chi connectivity index (χ0) is 13.0. The Morgan fingerprint density at radius 2 is 1.94 bits per heavy atom. The van der Waals surface area contributed by atoms with E-state index in [1.165, 1.54) is 0 Å². The van der Waals surface area contributed by atoms with E-state index in [4.69, 9.17) is 10.5 Å². The van der Waals surface area contributed by atoms with Crippen LogP contribution in [0.3, 0.4) is 0 Å². The summed E-state index contributed by atoms with van der Waals surface area (Å²) in [6.07, 6.45) is 0. The average molecular weight is 249 g/mol. The van der Waals surface area contributed by atoms with E-state index in [2.05, 4.69) is 11.9 Å². The van der Waals surface area contributed by atoms with Crippen molar-refractivity contribution < 1.29 is 9.53 Å². The van der Waals surface area contributed by atoms with Gasteiger partial charge in [-0.1, -0.05) is 12.1 Å². The number of ether oxygens (including phenoxy) is 1. The third-order valence-corrected chi connectivity index (χ3v) is 3.13. The monoisotopic (exact) mass is 249 g/mol. The Morgan fingerprint density at radius 3 is 2.61 bits per heavy atom. The summed E-state index contributed by atoms with van der Waals surface area (Å²) in [6, 6.07) is 7.21. The Labute approximate surface area is 107 Å². The third-order valence-electron chi connectivity index (χ3n) is 3.13. The number of benzene rings is 1. The molecule has 1 saturated heterocycles. The molecule has 0 saturated carbocycles. The number of hydrogen-bond acceptors (Lipinski definition) is 4. The molecule has 0 aliphatic carbocycles. The van der Waals surface area contributed by atoms with Crippen molar-refractivity contribution in [2.45, 2.75) is 0 Å². The molecular weight excluding hydrogens is 230 g/mol. The summed E-state index contributed by atoms with van der Waals surface area (Å²) in [5, 5.41) is 0. The van der Waals surface area contributed by atoms with Gasteiger partial charge in [0, 0.05) is 26.2 Å². The summed E-state index contributed by atoms with van der Waals surface area (Å²) in [6.45, 7) is 3.42. The van der Waals surface area contributed by atoms with E-state index in [0.29, 0.717) is 11.4 Å². The first-order valence-electron chi connectivity index (χ1n) is 6.10. The largest absolute Gasteiger partial charge is 0.482 e. The molecule has 98 valence electrons. The second kappa shape index (κ2) is 5.73. The van der Waals surface area contributed by atoms with Crippen LogP contribution in [0.5, 0.6) is 5.75 Å². The predicted molar refractivity (Wildman–Crippen MR) is 70.4 cm³/mol. The van der Waals surface area contributed by atoms with Crippen LogP contribution in [0, 0.1) is 0 Å². The molecule has 1 aromatic carbocycles. The number of anilines is 1. The van der Waals surface area contributed by atoms with Crippen LogP contribution in [0.15, 0.2) is 24.3 Å². The highest BCUT2D eigenvalue weighted by Crippen LogP contribution is 2.19. The number of carbonyl (C=O) groups excluding carboxylic acids is 1. The molecule has 1 aromatic rings. The van der Waals surface area contributed by atoms with Gasteiger partial charge in [-0.2, -0.15) is 0 Å². The van der Waals surface area contributed by atoms with E-state index in [-0.39, 0.29) is 12.5 Å². The molecule has 0 spiro atoms. The van der Waals surface area contributed by atoms with Crippen molar-refractivity contribution in [1.82, 2.24) is 9.80 Å². The Bertz CT molecular complexity index is 414. The summed E-state index contributed by atoms with van der Waals surface area (Å²) in [4.78, 5) is 16.0. The first-order chi connectivity index (χ1) is 8.66. The molecule has 0 bridgehead atoms. The molecule has 1 fully saturated rings. The lowest BCUT2D eigenvalue weighted by Gasteiger charge is -2.32. The van der Waals surface area contributed by atoms with E-state index in [0.717, 1.165) is 26.2 Å². The maximum Gasteiger partial charge on any atom is 0.260 e. The maximum absolute atomic E-state index is 11.9. The van der Waals surface area contributed by atoms with Crippen LogP contribution in [-0.4, -0.2) is 55.5 Å². The van der Waals surface area contributed by atoms with E-state index < -0.39 is 0 Å². The molecule has 0 radical (unpaired) electrons. The first-order valence-corrected chi connectivity index (χ1v) is 6.10. The molecule has 5 heteroatoms. The van der Waals surface area contributed by atoms with Crippen LogP contribution in [0.1, 0.15) is 0 Å². The topological polar surface area (TPSA) is 58.8 Å². The van der Waals surface area contributed by atoms with Crippen molar-refractivity contribution in [3.05, 3.63) is 24.3 Å². The summed E-state index contributed by atoms with van der Waals surface area (Å²) in [7, 11) is 2.06. The van der Waals surface area contributed by atoms with Crippen LogP contribution in [0.2, 0.25) is 0 Å². The van der Waals surface area contributed by atoms with Crippen LogP contribution in [-0.2, 0) is 4.79 Å². The van der Waals surface area contributed by atoms with Gasteiger partial charge < -0.3 is 20.3 Å². The Kier molecular flexibility index (Phi) is 4.04. The highest BCUT2D eigenvalue weighted by molar-refractivity contribution is 5.78. The number of hydrogen-bond donors (Lipinski definition) is 1. The van der Waals surface area contributed by atoms with Gasteiger partial charge in [-0.15, -0.1) is 0 Å². The second-order valence-electron chi connectivity index (χ2n) is 4.51. The summed E-state index contributed by atoms with van der Waals surface area (Å²) in [5.41, 5.74) is 6.31. The standard InChI is InChI=1S/C13H19N3O2/c1-15-6-8-16(9-7-15)13(17)10-18-12-5-3-2-4-11(12)14/h2-5H,6-10,14H2,1H3. The lowest BCUT2D eigenvalue weighted by Crippen LogP contribution is -2.48. The Morgan fingerprint density at radius 1 is 1.28 bits per heavy atom. The van der Waals surface area contributed by atoms with Gasteiger partial charge in [-0.05, 0) is 19.2 Å². The molecule has 5 nitrogen and oxygen atoms in total. The molecule has 2 rings (SSSR count). The number of nitrogens with zero attached hydrogens (tertiary/aromatic N) is 2. The number of carbonyl (C=O) groups is 1. The number of nitrogens with two attached hydrogens (primary N) is 1. The minimum atomic E-state index is 0.0198. The van der Waals surface area contributed by atoms with Gasteiger partial charge in [0.05, 0.1) is 5.69 Å². The molecule has 18 heavy (non-hydrogen) atoms. The number of rotatable bonds is 3. The van der Waals surface area contributed by atoms with Gasteiger partial charge in [0.15, 0.2) is 6.61 Å². The van der Waals surface area contributed by atoms with Gasteiger partial charge >= 0.3 is 0 Å². The zero-order valence-electron chi connectivity index (χ0n) is 10.6. The zero-order valence-corrected chi connectivity index (χ0v) is 10.6. The van der Waals surface area contributed by atoms with Crippen molar-refractivity contribution >= 4 is 11.6 Å². The quantitative estimate of drug-likeness (QED) is 0.789. The number of amides is 1. The molecule has 0 aromatic heterocycles. The predicted octanol–water partition coefficient (Wildman–Crippen LogP) is 0.422. The summed E-state index contributed by atoms with van der Waals surface area (Å²) >= 11 is 0. The normalized spacial score (nSPS) is 16.6. The lowest BCUT2D eigenvalue weighted by molar-refractivity contribution is -0.134. The molecule has 1 amide bonds.